The number of amides is 1. The van der Waals surface area contributed by atoms with Crippen LogP contribution in [0.5, 0.6) is 0 Å². The highest BCUT2D eigenvalue weighted by Gasteiger charge is 2.38. The number of allylic oxidation sites excluding steroid dienone is 2. The van der Waals surface area contributed by atoms with Crippen LogP contribution in [0.2, 0.25) is 0 Å². The summed E-state index contributed by atoms with van der Waals surface area (Å²) in [6, 6.07) is 19.8. The van der Waals surface area contributed by atoms with Crippen molar-refractivity contribution in [3.63, 3.8) is 0 Å². The largest absolute Gasteiger partial charge is 0.379 e. The quantitative estimate of drug-likeness (QED) is 0.204. The molecular formula is C30H39N3O2. The van der Waals surface area contributed by atoms with Gasteiger partial charge in [0.25, 0.3) is 0 Å². The maximum Gasteiger partial charge on any atom is 0.223 e. The van der Waals surface area contributed by atoms with Gasteiger partial charge in [0.2, 0.25) is 5.91 Å². The zero-order valence-electron chi connectivity index (χ0n) is 21.4. The van der Waals surface area contributed by atoms with Crippen molar-refractivity contribution in [3.05, 3.63) is 108 Å². The zero-order chi connectivity index (χ0) is 25.8. The van der Waals surface area contributed by atoms with E-state index >= 15 is 0 Å². The number of carbonyl (C=O) groups excluding carboxylic acids is 1. The Kier molecular flexibility index (Phi) is 10.8. The van der Waals surface area contributed by atoms with Crippen LogP contribution in [0.3, 0.4) is 0 Å². The smallest absolute Gasteiger partial charge is 0.223 e. The Balaban J connectivity index is 2.45. The Morgan fingerprint density at radius 2 is 1.57 bits per heavy atom. The number of nitrogens with zero attached hydrogens (tertiary/aromatic N) is 1. The fourth-order valence-electron chi connectivity index (χ4n) is 4.16. The van der Waals surface area contributed by atoms with Gasteiger partial charge in [-0.2, -0.15) is 0 Å². The lowest BCUT2D eigenvalue weighted by Crippen LogP contribution is -2.50. The molecule has 0 bridgehead atoms. The molecule has 2 rings (SSSR count). The van der Waals surface area contributed by atoms with Crippen molar-refractivity contribution in [1.29, 1.82) is 0 Å². The third-order valence-electron chi connectivity index (χ3n) is 6.06. The summed E-state index contributed by atoms with van der Waals surface area (Å²) in [5.41, 5.74) is 2.73. The van der Waals surface area contributed by atoms with Gasteiger partial charge < -0.3 is 10.4 Å². The van der Waals surface area contributed by atoms with Gasteiger partial charge in [-0.05, 0) is 50.1 Å². The fourth-order valence-corrected chi connectivity index (χ4v) is 4.16. The summed E-state index contributed by atoms with van der Waals surface area (Å²) < 4.78 is 0. The molecule has 5 heteroatoms. The average molecular weight is 474 g/mol. The number of nitrogens with one attached hydrogen (secondary N) is 2. The standard InChI is InChI=1S/C30H39N3O2/c1-7-15-24(8-2)30(25-16-11-9-12-17-25,26-18-13-10-14-19-26)33-28(34)21-20-27(23(5)31-6)32-29(35)22(3)4/h7-19,22,27-28,33-34H,5-6,20-21H2,1-4H3,(H,32,35). The summed E-state index contributed by atoms with van der Waals surface area (Å²) in [4.78, 5) is 16.2. The molecule has 0 saturated heterocycles. The third-order valence-corrected chi connectivity index (χ3v) is 6.06. The molecule has 2 unspecified atom stereocenters. The lowest BCUT2D eigenvalue weighted by atomic mass is 9.76. The van der Waals surface area contributed by atoms with E-state index in [-0.39, 0.29) is 11.8 Å². The van der Waals surface area contributed by atoms with Crippen LogP contribution in [0.25, 0.3) is 0 Å². The molecule has 0 aromatic heterocycles. The summed E-state index contributed by atoms with van der Waals surface area (Å²) in [6.45, 7) is 15.1. The van der Waals surface area contributed by atoms with Gasteiger partial charge >= 0.3 is 0 Å². The molecular weight excluding hydrogens is 434 g/mol. The molecule has 2 aromatic carbocycles. The van der Waals surface area contributed by atoms with Crippen molar-refractivity contribution >= 4 is 12.6 Å². The summed E-state index contributed by atoms with van der Waals surface area (Å²) in [5, 5.41) is 17.8. The second-order valence-corrected chi connectivity index (χ2v) is 8.83. The molecule has 0 aliphatic heterocycles. The lowest BCUT2D eigenvalue weighted by Gasteiger charge is -2.40. The predicted octanol–water partition coefficient (Wildman–Crippen LogP) is 5.50. The van der Waals surface area contributed by atoms with Crippen LogP contribution in [0.15, 0.2) is 102 Å². The number of aliphatic hydroxyl groups is 1. The molecule has 0 aliphatic carbocycles. The topological polar surface area (TPSA) is 73.7 Å². The van der Waals surface area contributed by atoms with Crippen LogP contribution in [-0.2, 0) is 10.3 Å². The number of aliphatic imine (C=N–C) groups is 1. The van der Waals surface area contributed by atoms with Gasteiger partial charge in [-0.3, -0.25) is 15.1 Å². The van der Waals surface area contributed by atoms with Crippen molar-refractivity contribution in [2.45, 2.75) is 58.3 Å². The molecule has 0 saturated carbocycles. The zero-order valence-corrected chi connectivity index (χ0v) is 21.4. The number of carbonyl (C=O) groups is 1. The van der Waals surface area contributed by atoms with E-state index in [9.17, 15) is 9.90 Å². The van der Waals surface area contributed by atoms with Crippen molar-refractivity contribution < 1.29 is 9.90 Å². The Morgan fingerprint density at radius 1 is 1.03 bits per heavy atom. The summed E-state index contributed by atoms with van der Waals surface area (Å²) in [7, 11) is 0. The van der Waals surface area contributed by atoms with E-state index in [1.54, 1.807) is 0 Å². The number of rotatable bonds is 13. The molecule has 0 spiro atoms. The number of hydrogen-bond donors (Lipinski definition) is 3. The van der Waals surface area contributed by atoms with Crippen LogP contribution in [0.4, 0.5) is 0 Å². The molecule has 1 amide bonds. The van der Waals surface area contributed by atoms with Gasteiger partial charge in [-0.15, -0.1) is 0 Å². The lowest BCUT2D eigenvalue weighted by molar-refractivity contribution is -0.124. The molecule has 2 atom stereocenters. The highest BCUT2D eigenvalue weighted by Crippen LogP contribution is 2.38. The van der Waals surface area contributed by atoms with Gasteiger partial charge in [-0.1, -0.05) is 99.3 Å². The highest BCUT2D eigenvalue weighted by atomic mass is 16.3. The Bertz CT molecular complexity index is 987. The van der Waals surface area contributed by atoms with Crippen molar-refractivity contribution in [1.82, 2.24) is 10.6 Å². The Morgan fingerprint density at radius 3 is 2.00 bits per heavy atom. The highest BCUT2D eigenvalue weighted by molar-refractivity contribution is 5.78. The Hall–Kier alpha value is -3.28. The molecule has 0 heterocycles. The summed E-state index contributed by atoms with van der Waals surface area (Å²) in [6.07, 6.45) is 6.07. The molecule has 0 aliphatic rings. The first kappa shape index (κ1) is 28.0. The van der Waals surface area contributed by atoms with E-state index in [0.717, 1.165) is 16.7 Å². The van der Waals surface area contributed by atoms with E-state index in [1.165, 1.54) is 0 Å². The minimum Gasteiger partial charge on any atom is -0.379 e. The average Bonchev–Trinajstić information content (AvgIpc) is 2.88. The van der Waals surface area contributed by atoms with E-state index in [1.807, 2.05) is 70.2 Å². The number of benzene rings is 2. The molecule has 0 radical (unpaired) electrons. The molecule has 186 valence electrons. The second kappa shape index (κ2) is 13.6. The van der Waals surface area contributed by atoms with Gasteiger partial charge in [0.1, 0.15) is 6.23 Å². The third kappa shape index (κ3) is 7.10. The summed E-state index contributed by atoms with van der Waals surface area (Å²) >= 11 is 0. The molecule has 0 fully saturated rings. The number of aliphatic hydroxyl groups excluding tert-OH is 1. The molecule has 3 N–H and O–H groups in total. The van der Waals surface area contributed by atoms with Crippen LogP contribution < -0.4 is 10.6 Å². The number of hydrogen-bond acceptors (Lipinski definition) is 4. The van der Waals surface area contributed by atoms with Crippen molar-refractivity contribution in [2.24, 2.45) is 10.9 Å². The maximum atomic E-state index is 12.3. The monoisotopic (exact) mass is 473 g/mol. The molecule has 2 aromatic rings. The predicted molar refractivity (Wildman–Crippen MR) is 146 cm³/mol. The SMILES string of the molecule is C=NC(=C)C(CCC(O)NC(C(C=CC)=CC)(c1ccccc1)c1ccccc1)NC(=O)C(C)C. The van der Waals surface area contributed by atoms with Gasteiger partial charge in [0, 0.05) is 5.92 Å². The Labute approximate surface area is 210 Å². The van der Waals surface area contributed by atoms with Crippen LogP contribution in [0.1, 0.15) is 51.7 Å². The van der Waals surface area contributed by atoms with Crippen molar-refractivity contribution in [3.8, 4) is 0 Å². The first-order valence-corrected chi connectivity index (χ1v) is 12.1. The van der Waals surface area contributed by atoms with Gasteiger partial charge in [0.05, 0.1) is 17.3 Å². The first-order valence-electron chi connectivity index (χ1n) is 12.1. The fraction of sp³-hybridized carbons (Fsp3) is 0.333. The van der Waals surface area contributed by atoms with E-state index in [2.05, 4.69) is 65.3 Å². The minimum atomic E-state index is -0.883. The molecule has 5 nitrogen and oxygen atoms in total. The van der Waals surface area contributed by atoms with E-state index < -0.39 is 17.8 Å². The second-order valence-electron chi connectivity index (χ2n) is 8.83. The van der Waals surface area contributed by atoms with Gasteiger partial charge in [-0.25, -0.2) is 0 Å². The van der Waals surface area contributed by atoms with E-state index in [4.69, 9.17) is 0 Å². The first-order chi connectivity index (χ1) is 16.8. The van der Waals surface area contributed by atoms with E-state index in [0.29, 0.717) is 18.5 Å². The minimum absolute atomic E-state index is 0.0885. The van der Waals surface area contributed by atoms with Crippen LogP contribution >= 0.6 is 0 Å². The van der Waals surface area contributed by atoms with Gasteiger partial charge in [0.15, 0.2) is 0 Å². The summed E-state index contributed by atoms with van der Waals surface area (Å²) in [5.74, 6) is -0.255. The van der Waals surface area contributed by atoms with Crippen LogP contribution in [-0.4, -0.2) is 30.0 Å². The normalized spacial score (nSPS) is 14.1. The van der Waals surface area contributed by atoms with Crippen LogP contribution in [0, 0.1) is 5.92 Å². The molecule has 35 heavy (non-hydrogen) atoms. The maximum absolute atomic E-state index is 12.3. The van der Waals surface area contributed by atoms with Crippen molar-refractivity contribution in [2.75, 3.05) is 0 Å².